The number of aromatic nitrogens is 1. The number of aromatic amines is 1. The maximum atomic E-state index is 12.1. The normalized spacial score (nSPS) is 12.0. The number of rotatable bonds is 8. The fourth-order valence-electron chi connectivity index (χ4n) is 2.81. The number of ether oxygens (including phenoxy) is 1. The molecule has 1 aromatic heterocycles. The molecule has 4 N–H and O–H groups in total. The first kappa shape index (κ1) is 17.7. The molecule has 0 aliphatic carbocycles. The van der Waals surface area contributed by atoms with Crippen LogP contribution in [0, 0.1) is 0 Å². The van der Waals surface area contributed by atoms with Gasteiger partial charge in [0.15, 0.2) is 0 Å². The zero-order valence-electron chi connectivity index (χ0n) is 14.3. The molecule has 0 aliphatic heterocycles. The highest BCUT2D eigenvalue weighted by atomic mass is 16.5. The van der Waals surface area contributed by atoms with Crippen LogP contribution in [0.5, 0.6) is 0 Å². The Labute approximate surface area is 151 Å². The predicted octanol–water partition coefficient (Wildman–Crippen LogP) is 1.90. The summed E-state index contributed by atoms with van der Waals surface area (Å²) in [5.74, 6) is -0.948. The Morgan fingerprint density at radius 2 is 1.81 bits per heavy atom. The fraction of sp³-hybridized carbons (Fsp3) is 0.200. The quantitative estimate of drug-likeness (QED) is 0.578. The monoisotopic (exact) mass is 351 g/mol. The molecular formula is C20H21N3O3. The van der Waals surface area contributed by atoms with Crippen LogP contribution in [0.2, 0.25) is 0 Å². The fourth-order valence-corrected chi connectivity index (χ4v) is 2.81. The molecule has 3 aromatic rings. The SMILES string of the molecule is NC(=O)[C@@H](Cc1c[nH]c2ccccc12)NC(=O)COCc1ccccc1. The minimum Gasteiger partial charge on any atom is -0.368 e. The standard InChI is InChI=1S/C20H21N3O3/c21-20(25)18(10-15-11-22-17-9-5-4-8-16(15)17)23-19(24)13-26-12-14-6-2-1-3-7-14/h1-9,11,18,22H,10,12-13H2,(H2,21,25)(H,23,24)/t18-/m1/s1. The van der Waals surface area contributed by atoms with E-state index in [-0.39, 0.29) is 12.5 Å². The topological polar surface area (TPSA) is 97.2 Å². The summed E-state index contributed by atoms with van der Waals surface area (Å²) in [5, 5.41) is 3.66. The van der Waals surface area contributed by atoms with Crippen molar-refractivity contribution in [1.82, 2.24) is 10.3 Å². The number of hydrogen-bond acceptors (Lipinski definition) is 3. The molecule has 1 heterocycles. The van der Waals surface area contributed by atoms with Gasteiger partial charge in [0.25, 0.3) is 0 Å². The molecule has 0 fully saturated rings. The van der Waals surface area contributed by atoms with Crippen molar-refractivity contribution in [2.24, 2.45) is 5.73 Å². The number of H-pyrrole nitrogens is 1. The van der Waals surface area contributed by atoms with Gasteiger partial charge in [-0.1, -0.05) is 48.5 Å². The number of amides is 2. The van der Waals surface area contributed by atoms with Gasteiger partial charge in [-0.15, -0.1) is 0 Å². The Bertz CT molecular complexity index is 889. The van der Waals surface area contributed by atoms with Gasteiger partial charge in [-0.2, -0.15) is 0 Å². The Kier molecular flexibility index (Phi) is 5.66. The zero-order valence-corrected chi connectivity index (χ0v) is 14.3. The predicted molar refractivity (Wildman–Crippen MR) is 99.2 cm³/mol. The average molecular weight is 351 g/mol. The first-order valence-electron chi connectivity index (χ1n) is 8.39. The van der Waals surface area contributed by atoms with E-state index in [0.717, 1.165) is 22.0 Å². The maximum absolute atomic E-state index is 12.1. The zero-order chi connectivity index (χ0) is 18.4. The Hall–Kier alpha value is -3.12. The van der Waals surface area contributed by atoms with Crippen LogP contribution in [-0.4, -0.2) is 29.4 Å². The van der Waals surface area contributed by atoms with E-state index < -0.39 is 11.9 Å². The van der Waals surface area contributed by atoms with Crippen LogP contribution in [-0.2, 0) is 27.4 Å². The van der Waals surface area contributed by atoms with Crippen LogP contribution in [0.15, 0.2) is 60.8 Å². The number of nitrogens with one attached hydrogen (secondary N) is 2. The second-order valence-corrected chi connectivity index (χ2v) is 6.06. The molecule has 0 saturated heterocycles. The summed E-state index contributed by atoms with van der Waals surface area (Å²) in [4.78, 5) is 27.0. The third-order valence-electron chi connectivity index (χ3n) is 4.12. The maximum Gasteiger partial charge on any atom is 0.246 e. The molecule has 0 unspecified atom stereocenters. The second-order valence-electron chi connectivity index (χ2n) is 6.06. The molecule has 3 rings (SSSR count). The van der Waals surface area contributed by atoms with Crippen molar-refractivity contribution in [3.8, 4) is 0 Å². The summed E-state index contributed by atoms with van der Waals surface area (Å²) >= 11 is 0. The average Bonchev–Trinajstić information content (AvgIpc) is 3.05. The molecule has 0 radical (unpaired) electrons. The van der Waals surface area contributed by atoms with Crippen molar-refractivity contribution in [1.29, 1.82) is 0 Å². The second kappa shape index (κ2) is 8.31. The molecule has 6 heteroatoms. The van der Waals surface area contributed by atoms with Crippen LogP contribution < -0.4 is 11.1 Å². The molecule has 26 heavy (non-hydrogen) atoms. The van der Waals surface area contributed by atoms with Gasteiger partial charge in [-0.25, -0.2) is 0 Å². The summed E-state index contributed by atoms with van der Waals surface area (Å²) in [6, 6.07) is 16.5. The van der Waals surface area contributed by atoms with Crippen molar-refractivity contribution in [2.75, 3.05) is 6.61 Å². The number of nitrogens with two attached hydrogens (primary N) is 1. The molecule has 2 amide bonds. The molecule has 1 atom stereocenters. The van der Waals surface area contributed by atoms with Gasteiger partial charge < -0.3 is 20.8 Å². The van der Waals surface area contributed by atoms with Gasteiger partial charge >= 0.3 is 0 Å². The Morgan fingerprint density at radius 3 is 2.58 bits per heavy atom. The molecule has 0 spiro atoms. The number of carbonyl (C=O) groups excluding carboxylic acids is 2. The summed E-state index contributed by atoms with van der Waals surface area (Å²) < 4.78 is 5.40. The molecule has 2 aromatic carbocycles. The van der Waals surface area contributed by atoms with Crippen molar-refractivity contribution < 1.29 is 14.3 Å². The minimum atomic E-state index is -0.790. The first-order chi connectivity index (χ1) is 12.6. The summed E-state index contributed by atoms with van der Waals surface area (Å²) in [6.07, 6.45) is 2.16. The van der Waals surface area contributed by atoms with E-state index >= 15 is 0 Å². The van der Waals surface area contributed by atoms with Crippen LogP contribution in [0.25, 0.3) is 10.9 Å². The highest BCUT2D eigenvalue weighted by molar-refractivity contribution is 5.89. The van der Waals surface area contributed by atoms with Crippen LogP contribution in [0.4, 0.5) is 0 Å². The molecule has 0 aliphatic rings. The molecule has 6 nitrogen and oxygen atoms in total. The number of primary amides is 1. The lowest BCUT2D eigenvalue weighted by molar-refractivity contribution is -0.130. The highest BCUT2D eigenvalue weighted by Crippen LogP contribution is 2.19. The summed E-state index contributed by atoms with van der Waals surface area (Å²) in [7, 11) is 0. The van der Waals surface area contributed by atoms with E-state index in [1.54, 1.807) is 0 Å². The largest absolute Gasteiger partial charge is 0.368 e. The van der Waals surface area contributed by atoms with Gasteiger partial charge in [0.2, 0.25) is 11.8 Å². The van der Waals surface area contributed by atoms with Gasteiger partial charge in [-0.05, 0) is 17.2 Å². The smallest absolute Gasteiger partial charge is 0.246 e. The van der Waals surface area contributed by atoms with Gasteiger partial charge in [-0.3, -0.25) is 9.59 Å². The van der Waals surface area contributed by atoms with Crippen molar-refractivity contribution in [3.05, 3.63) is 71.9 Å². The molecular weight excluding hydrogens is 330 g/mol. The van der Waals surface area contributed by atoms with E-state index in [2.05, 4.69) is 10.3 Å². The number of hydrogen-bond donors (Lipinski definition) is 3. The highest BCUT2D eigenvalue weighted by Gasteiger charge is 2.20. The van der Waals surface area contributed by atoms with Crippen molar-refractivity contribution in [2.45, 2.75) is 19.1 Å². The molecule has 0 saturated carbocycles. The Balaban J connectivity index is 1.56. The van der Waals surface area contributed by atoms with Gasteiger partial charge in [0.05, 0.1) is 6.61 Å². The lowest BCUT2D eigenvalue weighted by Gasteiger charge is -2.15. The first-order valence-corrected chi connectivity index (χ1v) is 8.39. The van der Waals surface area contributed by atoms with Crippen molar-refractivity contribution >= 4 is 22.7 Å². The third-order valence-corrected chi connectivity index (χ3v) is 4.12. The van der Waals surface area contributed by atoms with E-state index in [4.69, 9.17) is 10.5 Å². The summed E-state index contributed by atoms with van der Waals surface area (Å²) in [5.41, 5.74) is 8.34. The van der Waals surface area contributed by atoms with E-state index in [1.807, 2.05) is 60.8 Å². The van der Waals surface area contributed by atoms with Gasteiger partial charge in [0.1, 0.15) is 12.6 Å². The lowest BCUT2D eigenvalue weighted by atomic mass is 10.0. The van der Waals surface area contributed by atoms with E-state index in [9.17, 15) is 9.59 Å². The number of para-hydroxylation sites is 1. The lowest BCUT2D eigenvalue weighted by Crippen LogP contribution is -2.47. The summed E-state index contributed by atoms with van der Waals surface area (Å²) in [6.45, 7) is 0.199. The number of benzene rings is 2. The number of carbonyl (C=O) groups is 2. The van der Waals surface area contributed by atoms with Crippen LogP contribution in [0.3, 0.4) is 0 Å². The third kappa shape index (κ3) is 4.49. The molecule has 0 bridgehead atoms. The molecule has 134 valence electrons. The van der Waals surface area contributed by atoms with Crippen molar-refractivity contribution in [3.63, 3.8) is 0 Å². The number of fused-ring (bicyclic) bond motifs is 1. The van der Waals surface area contributed by atoms with E-state index in [0.29, 0.717) is 13.0 Å². The minimum absolute atomic E-state index is 0.132. The van der Waals surface area contributed by atoms with Crippen LogP contribution in [0.1, 0.15) is 11.1 Å². The van der Waals surface area contributed by atoms with Crippen LogP contribution >= 0.6 is 0 Å². The van der Waals surface area contributed by atoms with E-state index in [1.165, 1.54) is 0 Å². The van der Waals surface area contributed by atoms with Gasteiger partial charge in [0, 0.05) is 23.5 Å². The Morgan fingerprint density at radius 1 is 1.08 bits per heavy atom.